The van der Waals surface area contributed by atoms with E-state index in [9.17, 15) is 14.7 Å². The molecule has 0 saturated heterocycles. The molecule has 1 aliphatic heterocycles. The SMILES string of the molecule is O=C(O)C1Cc2c(ncn2Cc2ccccc2)CN1C(=O)Nc1ccc(Cl)cc1. The highest BCUT2D eigenvalue weighted by Gasteiger charge is 2.37. The highest BCUT2D eigenvalue weighted by atomic mass is 35.5. The number of aliphatic carboxylic acids is 1. The zero-order valence-electron chi connectivity index (χ0n) is 15.5. The molecule has 0 aliphatic carbocycles. The first kappa shape index (κ1) is 19.0. The van der Waals surface area contributed by atoms with Gasteiger partial charge in [-0.3, -0.25) is 0 Å². The van der Waals surface area contributed by atoms with E-state index in [2.05, 4.69) is 10.3 Å². The Hall–Kier alpha value is -3.32. The number of hydrogen-bond donors (Lipinski definition) is 2. The number of fused-ring (bicyclic) bond motifs is 1. The molecule has 148 valence electrons. The molecule has 1 aromatic heterocycles. The predicted molar refractivity (Wildman–Crippen MR) is 109 cm³/mol. The number of hydrogen-bond acceptors (Lipinski definition) is 3. The van der Waals surface area contributed by atoms with Crippen molar-refractivity contribution in [2.75, 3.05) is 5.32 Å². The molecule has 29 heavy (non-hydrogen) atoms. The lowest BCUT2D eigenvalue weighted by molar-refractivity contribution is -0.142. The van der Waals surface area contributed by atoms with E-state index >= 15 is 0 Å². The van der Waals surface area contributed by atoms with Crippen molar-refractivity contribution in [3.63, 3.8) is 0 Å². The van der Waals surface area contributed by atoms with Crippen LogP contribution in [0, 0.1) is 0 Å². The monoisotopic (exact) mass is 410 g/mol. The van der Waals surface area contributed by atoms with E-state index in [0.29, 0.717) is 22.9 Å². The Morgan fingerprint density at radius 2 is 1.86 bits per heavy atom. The molecule has 0 saturated carbocycles. The number of aromatic nitrogens is 2. The number of rotatable bonds is 4. The number of anilines is 1. The predicted octanol–water partition coefficient (Wildman–Crippen LogP) is 3.63. The molecule has 2 amide bonds. The summed E-state index contributed by atoms with van der Waals surface area (Å²) in [6.07, 6.45) is 1.91. The van der Waals surface area contributed by atoms with Gasteiger partial charge in [-0.25, -0.2) is 14.6 Å². The van der Waals surface area contributed by atoms with Gasteiger partial charge in [0, 0.05) is 29.4 Å². The fraction of sp³-hybridized carbons (Fsp3) is 0.190. The van der Waals surface area contributed by atoms with E-state index in [1.54, 1.807) is 30.6 Å². The Bertz CT molecular complexity index is 1030. The molecule has 8 heteroatoms. The van der Waals surface area contributed by atoms with Crippen molar-refractivity contribution >= 4 is 29.3 Å². The smallest absolute Gasteiger partial charge is 0.326 e. The van der Waals surface area contributed by atoms with Gasteiger partial charge in [0.05, 0.1) is 18.6 Å². The first-order chi connectivity index (χ1) is 14.0. The molecule has 3 aromatic rings. The van der Waals surface area contributed by atoms with Gasteiger partial charge in [0.1, 0.15) is 6.04 Å². The molecular formula is C21H19ClN4O3. The largest absolute Gasteiger partial charge is 0.480 e. The summed E-state index contributed by atoms with van der Waals surface area (Å²) in [6.45, 7) is 0.736. The third kappa shape index (κ3) is 4.09. The number of urea groups is 1. The van der Waals surface area contributed by atoms with Gasteiger partial charge in [-0.15, -0.1) is 0 Å². The van der Waals surface area contributed by atoms with Crippen molar-refractivity contribution in [1.82, 2.24) is 14.5 Å². The highest BCUT2D eigenvalue weighted by molar-refractivity contribution is 6.30. The summed E-state index contributed by atoms with van der Waals surface area (Å²) < 4.78 is 1.95. The Morgan fingerprint density at radius 1 is 1.14 bits per heavy atom. The summed E-state index contributed by atoms with van der Waals surface area (Å²) in [6, 6.07) is 15.1. The zero-order valence-corrected chi connectivity index (χ0v) is 16.2. The Morgan fingerprint density at radius 3 is 2.55 bits per heavy atom. The molecule has 1 aliphatic rings. The molecule has 2 aromatic carbocycles. The lowest BCUT2D eigenvalue weighted by Crippen LogP contribution is -2.50. The number of carbonyl (C=O) groups is 2. The number of nitrogens with one attached hydrogen (secondary N) is 1. The van der Waals surface area contributed by atoms with E-state index in [4.69, 9.17) is 11.6 Å². The summed E-state index contributed by atoms with van der Waals surface area (Å²) in [5, 5.41) is 13.0. The van der Waals surface area contributed by atoms with Gasteiger partial charge in [-0.2, -0.15) is 0 Å². The molecule has 0 radical (unpaired) electrons. The van der Waals surface area contributed by atoms with Gasteiger partial charge >= 0.3 is 12.0 Å². The molecule has 1 atom stereocenters. The van der Waals surface area contributed by atoms with Crippen LogP contribution in [0.3, 0.4) is 0 Å². The van der Waals surface area contributed by atoms with Gasteiger partial charge in [0.15, 0.2) is 0 Å². The van der Waals surface area contributed by atoms with Crippen LogP contribution in [0.5, 0.6) is 0 Å². The minimum atomic E-state index is -1.05. The van der Waals surface area contributed by atoms with E-state index in [0.717, 1.165) is 11.3 Å². The Labute approximate surface area is 172 Å². The topological polar surface area (TPSA) is 87.5 Å². The van der Waals surface area contributed by atoms with Crippen molar-refractivity contribution in [3.8, 4) is 0 Å². The lowest BCUT2D eigenvalue weighted by Gasteiger charge is -2.33. The van der Waals surface area contributed by atoms with E-state index < -0.39 is 18.0 Å². The molecule has 7 nitrogen and oxygen atoms in total. The van der Waals surface area contributed by atoms with Crippen LogP contribution in [0.4, 0.5) is 10.5 Å². The van der Waals surface area contributed by atoms with Crippen molar-refractivity contribution in [1.29, 1.82) is 0 Å². The molecule has 0 fully saturated rings. The van der Waals surface area contributed by atoms with Crippen molar-refractivity contribution in [2.45, 2.75) is 25.6 Å². The summed E-state index contributed by atoms with van der Waals surface area (Å²) >= 11 is 5.87. The van der Waals surface area contributed by atoms with Crippen molar-refractivity contribution in [2.24, 2.45) is 0 Å². The second-order valence-corrected chi connectivity index (χ2v) is 7.31. The summed E-state index contributed by atoms with van der Waals surface area (Å²) in [7, 11) is 0. The standard InChI is InChI=1S/C21H19ClN4O3/c22-15-6-8-16(9-7-15)24-21(29)26-12-17-18(10-19(26)20(27)28)25(13-23-17)11-14-4-2-1-3-5-14/h1-9,13,19H,10-12H2,(H,24,29)(H,27,28). The fourth-order valence-corrected chi connectivity index (χ4v) is 3.59. The molecular weight excluding hydrogens is 392 g/mol. The number of imidazole rings is 1. The lowest BCUT2D eigenvalue weighted by atomic mass is 10.0. The highest BCUT2D eigenvalue weighted by Crippen LogP contribution is 2.25. The van der Waals surface area contributed by atoms with Crippen LogP contribution in [-0.2, 0) is 24.3 Å². The second kappa shape index (κ2) is 7.97. The first-order valence-electron chi connectivity index (χ1n) is 9.14. The van der Waals surface area contributed by atoms with Crippen molar-refractivity contribution in [3.05, 3.63) is 82.9 Å². The third-order valence-electron chi connectivity index (χ3n) is 4.95. The van der Waals surface area contributed by atoms with Crippen LogP contribution < -0.4 is 5.32 Å². The summed E-state index contributed by atoms with van der Waals surface area (Å²) in [5.41, 5.74) is 3.20. The normalized spacial score (nSPS) is 15.6. The van der Waals surface area contributed by atoms with Gasteiger partial charge in [0.25, 0.3) is 0 Å². The average Bonchev–Trinajstić information content (AvgIpc) is 3.11. The van der Waals surface area contributed by atoms with E-state index in [-0.39, 0.29) is 13.0 Å². The summed E-state index contributed by atoms with van der Waals surface area (Å²) in [4.78, 5) is 30.4. The zero-order chi connectivity index (χ0) is 20.4. The van der Waals surface area contributed by atoms with Crippen LogP contribution in [0.1, 0.15) is 17.0 Å². The van der Waals surface area contributed by atoms with Gasteiger partial charge in [0.2, 0.25) is 0 Å². The number of carboxylic acid groups (broad SMARTS) is 1. The van der Waals surface area contributed by atoms with E-state index in [1.807, 2.05) is 34.9 Å². The number of carbonyl (C=O) groups excluding carboxylic acids is 1. The molecule has 2 N–H and O–H groups in total. The van der Waals surface area contributed by atoms with Crippen LogP contribution in [0.2, 0.25) is 5.02 Å². The number of amides is 2. The first-order valence-corrected chi connectivity index (χ1v) is 9.52. The summed E-state index contributed by atoms with van der Waals surface area (Å²) in [5.74, 6) is -1.05. The van der Waals surface area contributed by atoms with Gasteiger partial charge in [-0.1, -0.05) is 41.9 Å². The average molecular weight is 411 g/mol. The second-order valence-electron chi connectivity index (χ2n) is 6.87. The number of nitrogens with zero attached hydrogens (tertiary/aromatic N) is 3. The van der Waals surface area contributed by atoms with Gasteiger partial charge < -0.3 is 19.9 Å². The quantitative estimate of drug-likeness (QED) is 0.687. The van der Waals surface area contributed by atoms with Crippen LogP contribution in [0.15, 0.2) is 60.9 Å². The maximum Gasteiger partial charge on any atom is 0.326 e. The molecule has 1 unspecified atom stereocenters. The van der Waals surface area contributed by atoms with Crippen LogP contribution >= 0.6 is 11.6 Å². The minimum Gasteiger partial charge on any atom is -0.480 e. The van der Waals surface area contributed by atoms with Crippen molar-refractivity contribution < 1.29 is 14.7 Å². The molecule has 0 spiro atoms. The number of benzene rings is 2. The maximum absolute atomic E-state index is 12.8. The molecule has 2 heterocycles. The number of carboxylic acids is 1. The van der Waals surface area contributed by atoms with E-state index in [1.165, 1.54) is 4.90 Å². The van der Waals surface area contributed by atoms with Crippen LogP contribution in [0.25, 0.3) is 0 Å². The van der Waals surface area contributed by atoms with Gasteiger partial charge in [-0.05, 0) is 29.8 Å². The Balaban J connectivity index is 1.56. The maximum atomic E-state index is 12.8. The number of halogens is 1. The Kier molecular flexibility index (Phi) is 5.22. The minimum absolute atomic E-state index is 0.132. The third-order valence-corrected chi connectivity index (χ3v) is 5.20. The molecule has 0 bridgehead atoms. The fourth-order valence-electron chi connectivity index (χ4n) is 3.46. The van der Waals surface area contributed by atoms with Crippen LogP contribution in [-0.4, -0.2) is 37.6 Å². The molecule has 4 rings (SSSR count).